The maximum Gasteiger partial charge on any atom is 0.0628 e. The number of hydrogen-bond acceptors (Lipinski definition) is 0. The summed E-state index contributed by atoms with van der Waals surface area (Å²) in [4.78, 5) is 0. The van der Waals surface area contributed by atoms with E-state index >= 15 is 0 Å². The van der Waals surface area contributed by atoms with E-state index < -0.39 is 0 Å². The molecule has 2 aromatic rings. The van der Waals surface area contributed by atoms with Gasteiger partial charge in [-0.25, -0.2) is 0 Å². The third-order valence-corrected chi connectivity index (χ3v) is 3.57. The van der Waals surface area contributed by atoms with Crippen molar-refractivity contribution in [3.63, 3.8) is 0 Å². The fraction of sp³-hybridized carbons (Fsp3) is 0.200. The van der Waals surface area contributed by atoms with Gasteiger partial charge in [-0.3, -0.25) is 0 Å². The van der Waals surface area contributed by atoms with Gasteiger partial charge in [0.2, 0.25) is 0 Å². The number of terminal acetylenes is 2. The summed E-state index contributed by atoms with van der Waals surface area (Å²) in [5.41, 5.74) is 4.64. The molecule has 0 amide bonds. The summed E-state index contributed by atoms with van der Waals surface area (Å²) in [6, 6.07) is 16.6. The Morgan fingerprint density at radius 2 is 0.950 bits per heavy atom. The van der Waals surface area contributed by atoms with Crippen LogP contribution in [-0.4, -0.2) is 0 Å². The van der Waals surface area contributed by atoms with E-state index in [-0.39, 0.29) is 11.8 Å². The molecule has 0 aliphatic carbocycles. The third kappa shape index (κ3) is 2.93. The standard InChI is InChI=1S/C20H18/c1-5-19(17-11-7-15(3)8-12-17)20(6-2)18-13-9-16(4)10-14-18/h1-2,7-14,19-20H,3-4H3. The van der Waals surface area contributed by atoms with E-state index in [1.807, 2.05) is 0 Å². The smallest absolute Gasteiger partial charge is 0.0628 e. The molecule has 0 saturated carbocycles. The topological polar surface area (TPSA) is 0 Å². The highest BCUT2D eigenvalue weighted by Gasteiger charge is 2.21. The van der Waals surface area contributed by atoms with E-state index in [0.29, 0.717) is 0 Å². The summed E-state index contributed by atoms with van der Waals surface area (Å²) < 4.78 is 0. The van der Waals surface area contributed by atoms with Crippen molar-refractivity contribution in [2.45, 2.75) is 25.7 Å². The maximum absolute atomic E-state index is 5.74. The van der Waals surface area contributed by atoms with Crippen LogP contribution in [0.5, 0.6) is 0 Å². The number of benzene rings is 2. The van der Waals surface area contributed by atoms with Gasteiger partial charge in [0.1, 0.15) is 0 Å². The van der Waals surface area contributed by atoms with Crippen LogP contribution in [0.3, 0.4) is 0 Å². The summed E-state index contributed by atoms with van der Waals surface area (Å²) >= 11 is 0. The SMILES string of the molecule is C#CC(c1ccc(C)cc1)C(C#C)c1ccc(C)cc1. The van der Waals surface area contributed by atoms with Gasteiger partial charge in [-0.2, -0.15) is 0 Å². The lowest BCUT2D eigenvalue weighted by molar-refractivity contribution is 0.781. The van der Waals surface area contributed by atoms with E-state index in [1.54, 1.807) is 0 Å². The Morgan fingerprint density at radius 1 is 0.650 bits per heavy atom. The van der Waals surface area contributed by atoms with E-state index in [1.165, 1.54) is 11.1 Å². The van der Waals surface area contributed by atoms with Gasteiger partial charge in [0.15, 0.2) is 0 Å². The highest BCUT2D eigenvalue weighted by molar-refractivity contribution is 5.40. The Labute approximate surface area is 121 Å². The summed E-state index contributed by atoms with van der Waals surface area (Å²) in [5, 5.41) is 0. The molecule has 0 aromatic heterocycles. The van der Waals surface area contributed by atoms with Gasteiger partial charge in [0.25, 0.3) is 0 Å². The molecule has 0 heteroatoms. The molecule has 2 atom stereocenters. The molecular formula is C20H18. The summed E-state index contributed by atoms with van der Waals surface area (Å²) in [5.74, 6) is 5.53. The number of aryl methyl sites for hydroxylation is 2. The maximum atomic E-state index is 5.74. The quantitative estimate of drug-likeness (QED) is 0.714. The molecule has 2 rings (SSSR count). The first kappa shape index (κ1) is 14.0. The molecule has 2 aromatic carbocycles. The van der Waals surface area contributed by atoms with E-state index in [4.69, 9.17) is 12.8 Å². The van der Waals surface area contributed by atoms with Crippen molar-refractivity contribution in [3.05, 3.63) is 70.8 Å². The van der Waals surface area contributed by atoms with Crippen LogP contribution >= 0.6 is 0 Å². The van der Waals surface area contributed by atoms with Crippen LogP contribution in [0.2, 0.25) is 0 Å². The zero-order valence-corrected chi connectivity index (χ0v) is 11.9. The zero-order chi connectivity index (χ0) is 14.5. The Bertz CT molecular complexity index is 584. The molecule has 0 bridgehead atoms. The van der Waals surface area contributed by atoms with Crippen molar-refractivity contribution in [3.8, 4) is 24.7 Å². The molecule has 0 radical (unpaired) electrons. The molecule has 0 N–H and O–H groups in total. The predicted molar refractivity (Wildman–Crippen MR) is 85.5 cm³/mol. The van der Waals surface area contributed by atoms with Gasteiger partial charge in [0.05, 0.1) is 11.8 Å². The second-order valence-electron chi connectivity index (χ2n) is 5.11. The number of hydrogen-bond donors (Lipinski definition) is 0. The molecule has 0 heterocycles. The molecule has 2 unspecified atom stereocenters. The molecular weight excluding hydrogens is 240 g/mol. The summed E-state index contributed by atoms with van der Waals surface area (Å²) in [6.45, 7) is 4.13. The van der Waals surface area contributed by atoms with Gasteiger partial charge >= 0.3 is 0 Å². The molecule has 0 aliphatic heterocycles. The Hall–Kier alpha value is -2.44. The monoisotopic (exact) mass is 258 g/mol. The van der Waals surface area contributed by atoms with Crippen molar-refractivity contribution < 1.29 is 0 Å². The van der Waals surface area contributed by atoms with Crippen molar-refractivity contribution in [2.24, 2.45) is 0 Å². The molecule has 0 saturated heterocycles. The van der Waals surface area contributed by atoms with Gasteiger partial charge < -0.3 is 0 Å². The van der Waals surface area contributed by atoms with E-state index in [2.05, 4.69) is 74.2 Å². The van der Waals surface area contributed by atoms with Crippen LogP contribution < -0.4 is 0 Å². The van der Waals surface area contributed by atoms with Gasteiger partial charge in [0, 0.05) is 0 Å². The van der Waals surface area contributed by atoms with Crippen LogP contribution in [0.25, 0.3) is 0 Å². The predicted octanol–water partition coefficient (Wildman–Crippen LogP) is 4.44. The lowest BCUT2D eigenvalue weighted by atomic mass is 9.82. The number of rotatable bonds is 3. The fourth-order valence-corrected chi connectivity index (χ4v) is 2.32. The molecule has 20 heavy (non-hydrogen) atoms. The van der Waals surface area contributed by atoms with Crippen molar-refractivity contribution in [1.82, 2.24) is 0 Å². The van der Waals surface area contributed by atoms with E-state index in [9.17, 15) is 0 Å². The average Bonchev–Trinajstić information content (AvgIpc) is 2.47. The first-order chi connectivity index (χ1) is 9.65. The Kier molecular flexibility index (Phi) is 4.29. The van der Waals surface area contributed by atoms with Crippen LogP contribution in [0.4, 0.5) is 0 Å². The normalized spacial score (nSPS) is 13.0. The van der Waals surface area contributed by atoms with Gasteiger partial charge in [-0.05, 0) is 25.0 Å². The van der Waals surface area contributed by atoms with Crippen molar-refractivity contribution in [2.75, 3.05) is 0 Å². The third-order valence-electron chi connectivity index (χ3n) is 3.57. The molecule has 98 valence electrons. The minimum Gasteiger partial charge on any atom is -0.119 e. The van der Waals surface area contributed by atoms with Crippen LogP contribution in [-0.2, 0) is 0 Å². The second-order valence-corrected chi connectivity index (χ2v) is 5.11. The molecule has 0 nitrogen and oxygen atoms in total. The first-order valence-corrected chi connectivity index (χ1v) is 6.71. The zero-order valence-electron chi connectivity index (χ0n) is 11.9. The highest BCUT2D eigenvalue weighted by atomic mass is 14.2. The van der Waals surface area contributed by atoms with Gasteiger partial charge in [-0.1, -0.05) is 71.5 Å². The van der Waals surface area contributed by atoms with Crippen LogP contribution in [0, 0.1) is 38.5 Å². The average molecular weight is 258 g/mol. The summed E-state index contributed by atoms with van der Waals surface area (Å²) in [6.07, 6.45) is 11.5. The van der Waals surface area contributed by atoms with Crippen molar-refractivity contribution in [1.29, 1.82) is 0 Å². The fourth-order valence-electron chi connectivity index (χ4n) is 2.32. The molecule has 0 spiro atoms. The Balaban J connectivity index is 2.38. The lowest BCUT2D eigenvalue weighted by Gasteiger charge is -2.19. The Morgan fingerprint density at radius 3 is 1.20 bits per heavy atom. The summed E-state index contributed by atoms with van der Waals surface area (Å²) in [7, 11) is 0. The van der Waals surface area contributed by atoms with Gasteiger partial charge in [-0.15, -0.1) is 12.8 Å². The second kappa shape index (κ2) is 6.14. The largest absolute Gasteiger partial charge is 0.119 e. The lowest BCUT2D eigenvalue weighted by Crippen LogP contribution is -2.08. The highest BCUT2D eigenvalue weighted by Crippen LogP contribution is 2.32. The molecule has 0 fully saturated rings. The minimum absolute atomic E-state index is 0.0942. The van der Waals surface area contributed by atoms with Crippen molar-refractivity contribution >= 4 is 0 Å². The van der Waals surface area contributed by atoms with Crippen LogP contribution in [0.15, 0.2) is 48.5 Å². The minimum atomic E-state index is -0.0942. The van der Waals surface area contributed by atoms with E-state index in [0.717, 1.165) is 11.1 Å². The molecule has 0 aliphatic rings. The van der Waals surface area contributed by atoms with Crippen LogP contribution in [0.1, 0.15) is 34.1 Å². The first-order valence-electron chi connectivity index (χ1n) is 6.71.